The van der Waals surface area contributed by atoms with Gasteiger partial charge in [0.25, 0.3) is 5.69 Å². The molecule has 2 rings (SSSR count). The lowest BCUT2D eigenvalue weighted by Crippen LogP contribution is -2.29. The fourth-order valence-corrected chi connectivity index (χ4v) is 2.05. The Morgan fingerprint density at radius 1 is 1.47 bits per heavy atom. The highest BCUT2D eigenvalue weighted by Gasteiger charge is 2.30. The zero-order chi connectivity index (χ0) is 14.0. The first kappa shape index (κ1) is 13.3. The minimum absolute atomic E-state index is 0.0457. The van der Waals surface area contributed by atoms with Crippen LogP contribution in [-0.4, -0.2) is 40.3 Å². The topological polar surface area (TPSA) is 104 Å². The van der Waals surface area contributed by atoms with Gasteiger partial charge in [-0.15, -0.1) is 0 Å². The number of nitro groups is 1. The number of hydrogen-bond acceptors (Lipinski definition) is 5. The van der Waals surface area contributed by atoms with E-state index in [9.17, 15) is 14.9 Å². The van der Waals surface area contributed by atoms with Crippen LogP contribution in [0.5, 0.6) is 0 Å². The molecular weight excluding hydrogens is 252 g/mol. The van der Waals surface area contributed by atoms with Gasteiger partial charge in [0.05, 0.1) is 11.5 Å². The summed E-state index contributed by atoms with van der Waals surface area (Å²) in [6, 6.07) is 4.31. The second kappa shape index (κ2) is 5.23. The lowest BCUT2D eigenvalue weighted by molar-refractivity contribution is -0.385. The molecule has 0 spiro atoms. The van der Waals surface area contributed by atoms with Gasteiger partial charge < -0.3 is 15.1 Å². The lowest BCUT2D eigenvalue weighted by Gasteiger charge is -2.23. The smallest absolute Gasteiger partial charge is 0.342 e. The number of nitrogens with zero attached hydrogens (tertiary/aromatic N) is 2. The van der Waals surface area contributed by atoms with Crippen LogP contribution in [0.15, 0.2) is 18.2 Å². The largest absolute Gasteiger partial charge is 0.477 e. The van der Waals surface area contributed by atoms with E-state index in [0.29, 0.717) is 12.2 Å². The highest BCUT2D eigenvalue weighted by atomic mass is 16.6. The van der Waals surface area contributed by atoms with Crippen molar-refractivity contribution >= 4 is 17.3 Å². The summed E-state index contributed by atoms with van der Waals surface area (Å²) in [5.41, 5.74) is -0.151. The highest BCUT2D eigenvalue weighted by Crippen LogP contribution is 2.33. The SMILES string of the molecule is O=C(O)c1cc(N(CCO)C2CC2)ccc1[N+](=O)[O-]. The molecule has 1 fully saturated rings. The maximum atomic E-state index is 11.1. The van der Waals surface area contributed by atoms with Gasteiger partial charge in [-0.2, -0.15) is 0 Å². The molecule has 0 heterocycles. The maximum absolute atomic E-state index is 11.1. The van der Waals surface area contributed by atoms with Gasteiger partial charge in [0.1, 0.15) is 5.56 Å². The number of nitro benzene ring substituents is 1. The van der Waals surface area contributed by atoms with E-state index in [1.807, 2.05) is 4.90 Å². The van der Waals surface area contributed by atoms with Gasteiger partial charge in [0.2, 0.25) is 0 Å². The van der Waals surface area contributed by atoms with Gasteiger partial charge in [-0.1, -0.05) is 0 Å². The third kappa shape index (κ3) is 2.82. The molecule has 0 amide bonds. The van der Waals surface area contributed by atoms with Crippen molar-refractivity contribution in [2.45, 2.75) is 18.9 Å². The average molecular weight is 266 g/mol. The number of benzene rings is 1. The predicted octanol–water partition coefficient (Wildman–Crippen LogP) is 1.25. The molecule has 0 aliphatic heterocycles. The molecule has 7 heteroatoms. The Morgan fingerprint density at radius 3 is 2.63 bits per heavy atom. The van der Waals surface area contributed by atoms with E-state index in [-0.39, 0.29) is 18.2 Å². The fourth-order valence-electron chi connectivity index (χ4n) is 2.05. The number of aliphatic hydroxyl groups is 1. The van der Waals surface area contributed by atoms with Crippen molar-refractivity contribution in [1.82, 2.24) is 0 Å². The number of carboxylic acid groups (broad SMARTS) is 1. The molecular formula is C12H14N2O5. The Hall–Kier alpha value is -2.15. The van der Waals surface area contributed by atoms with Crippen molar-refractivity contribution in [3.8, 4) is 0 Å². The minimum atomic E-state index is -1.33. The Morgan fingerprint density at radius 2 is 2.16 bits per heavy atom. The zero-order valence-electron chi connectivity index (χ0n) is 10.2. The summed E-state index contributed by atoms with van der Waals surface area (Å²) in [7, 11) is 0. The van der Waals surface area contributed by atoms with E-state index in [4.69, 9.17) is 10.2 Å². The molecule has 0 atom stereocenters. The number of carbonyl (C=O) groups is 1. The number of carboxylic acids is 1. The van der Waals surface area contributed by atoms with E-state index in [1.54, 1.807) is 0 Å². The average Bonchev–Trinajstić information content (AvgIpc) is 3.19. The Kier molecular flexibility index (Phi) is 3.66. The van der Waals surface area contributed by atoms with Crippen LogP contribution in [0.4, 0.5) is 11.4 Å². The van der Waals surface area contributed by atoms with Crippen LogP contribution in [-0.2, 0) is 0 Å². The summed E-state index contributed by atoms with van der Waals surface area (Å²) in [5, 5.41) is 28.8. The normalized spacial score (nSPS) is 14.2. The molecule has 0 radical (unpaired) electrons. The lowest BCUT2D eigenvalue weighted by atomic mass is 10.1. The molecule has 1 aliphatic rings. The summed E-state index contributed by atoms with van der Waals surface area (Å²) in [6.07, 6.45) is 1.97. The van der Waals surface area contributed by atoms with Crippen molar-refractivity contribution in [1.29, 1.82) is 0 Å². The van der Waals surface area contributed by atoms with Gasteiger partial charge in [0.15, 0.2) is 0 Å². The molecule has 7 nitrogen and oxygen atoms in total. The second-order valence-corrected chi connectivity index (χ2v) is 4.41. The van der Waals surface area contributed by atoms with Crippen LogP contribution >= 0.6 is 0 Å². The van der Waals surface area contributed by atoms with Crippen LogP contribution in [0.3, 0.4) is 0 Å². The molecule has 0 saturated heterocycles. The first-order valence-electron chi connectivity index (χ1n) is 5.94. The summed E-state index contributed by atoms with van der Waals surface area (Å²) in [4.78, 5) is 23.0. The Balaban J connectivity index is 2.38. The van der Waals surface area contributed by atoms with E-state index in [2.05, 4.69) is 0 Å². The summed E-state index contributed by atoms with van der Waals surface area (Å²) in [5.74, 6) is -1.33. The summed E-state index contributed by atoms with van der Waals surface area (Å²) < 4.78 is 0. The molecule has 0 bridgehead atoms. The van der Waals surface area contributed by atoms with Crippen molar-refractivity contribution in [3.63, 3.8) is 0 Å². The zero-order valence-corrected chi connectivity index (χ0v) is 10.2. The molecule has 0 aromatic heterocycles. The van der Waals surface area contributed by atoms with Gasteiger partial charge >= 0.3 is 5.97 Å². The van der Waals surface area contributed by atoms with Crippen molar-refractivity contribution < 1.29 is 19.9 Å². The number of aromatic carboxylic acids is 1. The van der Waals surface area contributed by atoms with Crippen LogP contribution in [0, 0.1) is 10.1 Å². The first-order valence-corrected chi connectivity index (χ1v) is 5.94. The van der Waals surface area contributed by atoms with Crippen LogP contribution in [0.25, 0.3) is 0 Å². The second-order valence-electron chi connectivity index (χ2n) is 4.41. The van der Waals surface area contributed by atoms with Gasteiger partial charge in [-0.3, -0.25) is 10.1 Å². The van der Waals surface area contributed by atoms with E-state index < -0.39 is 16.6 Å². The molecule has 1 aromatic rings. The van der Waals surface area contributed by atoms with Gasteiger partial charge in [-0.25, -0.2) is 4.79 Å². The molecule has 19 heavy (non-hydrogen) atoms. The Bertz CT molecular complexity index is 513. The summed E-state index contributed by atoms with van der Waals surface area (Å²) >= 11 is 0. The molecule has 1 aromatic carbocycles. The number of hydrogen-bond donors (Lipinski definition) is 2. The fraction of sp³-hybridized carbons (Fsp3) is 0.417. The number of rotatable bonds is 6. The molecule has 2 N–H and O–H groups in total. The van der Waals surface area contributed by atoms with Crippen molar-refractivity contribution in [3.05, 3.63) is 33.9 Å². The molecule has 102 valence electrons. The molecule has 0 unspecified atom stereocenters. The van der Waals surface area contributed by atoms with Crippen molar-refractivity contribution in [2.24, 2.45) is 0 Å². The molecule has 1 aliphatic carbocycles. The molecule has 1 saturated carbocycles. The third-order valence-corrected chi connectivity index (χ3v) is 3.07. The van der Waals surface area contributed by atoms with Crippen LogP contribution in [0.2, 0.25) is 0 Å². The monoisotopic (exact) mass is 266 g/mol. The van der Waals surface area contributed by atoms with Gasteiger partial charge in [-0.05, 0) is 25.0 Å². The minimum Gasteiger partial charge on any atom is -0.477 e. The van der Waals surface area contributed by atoms with Crippen LogP contribution < -0.4 is 4.90 Å². The van der Waals surface area contributed by atoms with Crippen LogP contribution in [0.1, 0.15) is 23.2 Å². The Labute approximate surface area is 109 Å². The van der Waals surface area contributed by atoms with E-state index >= 15 is 0 Å². The van der Waals surface area contributed by atoms with E-state index in [1.165, 1.54) is 18.2 Å². The first-order chi connectivity index (χ1) is 9.04. The number of anilines is 1. The van der Waals surface area contributed by atoms with Gasteiger partial charge in [0, 0.05) is 24.3 Å². The predicted molar refractivity (Wildman–Crippen MR) is 67.5 cm³/mol. The quantitative estimate of drug-likeness (QED) is 0.593. The third-order valence-electron chi connectivity index (χ3n) is 3.07. The van der Waals surface area contributed by atoms with Crippen molar-refractivity contribution in [2.75, 3.05) is 18.1 Å². The standard InChI is InChI=1S/C12H14N2O5/c15-6-5-13(8-1-2-8)9-3-4-11(14(18)19)10(7-9)12(16)17/h3-4,7-8,15H,1-2,5-6H2,(H,16,17). The maximum Gasteiger partial charge on any atom is 0.342 e. The number of aliphatic hydroxyl groups excluding tert-OH is 1. The highest BCUT2D eigenvalue weighted by molar-refractivity contribution is 5.93. The summed E-state index contributed by atoms with van der Waals surface area (Å²) in [6.45, 7) is 0.345. The van der Waals surface area contributed by atoms with E-state index in [0.717, 1.165) is 12.8 Å².